The molecule has 0 aliphatic heterocycles. The van der Waals surface area contributed by atoms with Gasteiger partial charge in [-0.2, -0.15) is 0 Å². The third kappa shape index (κ3) is 3.74. The number of amides is 1. The molecule has 0 aromatic heterocycles. The Hall–Kier alpha value is -1.58. The summed E-state index contributed by atoms with van der Waals surface area (Å²) in [6, 6.07) is 6.81. The van der Waals surface area contributed by atoms with Crippen LogP contribution in [-0.4, -0.2) is 25.0 Å². The molecule has 0 saturated heterocycles. The second kappa shape index (κ2) is 6.04. The smallest absolute Gasteiger partial charge is 0.239 e. The van der Waals surface area contributed by atoms with E-state index < -0.39 is 0 Å². The van der Waals surface area contributed by atoms with Crippen LogP contribution in [0.3, 0.4) is 0 Å². The Kier molecular flexibility index (Phi) is 4.13. The number of hydrogen-bond acceptors (Lipinski definition) is 2. The molecular weight excluding hydrogens is 267 g/mol. The first-order chi connectivity index (χ1) is 10.2. The Morgan fingerprint density at radius 1 is 1.33 bits per heavy atom. The lowest BCUT2D eigenvalue weighted by molar-refractivity contribution is -0.120. The van der Waals surface area contributed by atoms with E-state index >= 15 is 0 Å². The minimum atomic E-state index is -0.264. The quantitative estimate of drug-likeness (QED) is 0.837. The molecule has 0 heterocycles. The van der Waals surface area contributed by atoms with E-state index in [1.165, 1.54) is 37.8 Å². The molecule has 1 amide bonds. The zero-order valence-corrected chi connectivity index (χ0v) is 12.5. The number of anilines is 1. The van der Waals surface area contributed by atoms with Gasteiger partial charge in [-0.1, -0.05) is 6.07 Å². The fourth-order valence-electron chi connectivity index (χ4n) is 2.99. The maximum absolute atomic E-state index is 13.3. The summed E-state index contributed by atoms with van der Waals surface area (Å²) in [4.78, 5) is 14.2. The van der Waals surface area contributed by atoms with Gasteiger partial charge in [-0.15, -0.1) is 0 Å². The lowest BCUT2D eigenvalue weighted by atomic mass is 10.1. The van der Waals surface area contributed by atoms with Crippen molar-refractivity contribution in [2.24, 2.45) is 11.8 Å². The predicted octanol–water partition coefficient (Wildman–Crippen LogP) is 2.96. The maximum atomic E-state index is 13.3. The van der Waals surface area contributed by atoms with Crippen molar-refractivity contribution < 1.29 is 9.18 Å². The van der Waals surface area contributed by atoms with E-state index in [9.17, 15) is 9.18 Å². The molecule has 1 N–H and O–H groups in total. The Morgan fingerprint density at radius 2 is 2.00 bits per heavy atom. The maximum Gasteiger partial charge on any atom is 0.239 e. The molecule has 3 nitrogen and oxygen atoms in total. The number of carbonyl (C=O) groups excluding carboxylic acids is 1. The third-order valence-corrected chi connectivity index (χ3v) is 4.48. The number of likely N-dealkylation sites (N-methyl/N-ethyl adjacent to an activating group) is 1. The van der Waals surface area contributed by atoms with Gasteiger partial charge in [0.2, 0.25) is 5.91 Å². The lowest BCUT2D eigenvalue weighted by Crippen LogP contribution is -2.44. The standard InChI is InChI=1S/C17H23FN2O/c1-2-20(15-5-3-4-14(18)10-15)11-16(21)19-17(12-6-7-12)13-8-9-13/h3-5,10,12-13,17H,2,6-9,11H2,1H3,(H,19,21). The van der Waals surface area contributed by atoms with Crippen molar-refractivity contribution in [3.8, 4) is 0 Å². The molecule has 0 radical (unpaired) electrons. The van der Waals surface area contributed by atoms with Gasteiger partial charge in [0.15, 0.2) is 0 Å². The molecule has 2 aliphatic rings. The fourth-order valence-corrected chi connectivity index (χ4v) is 2.99. The Labute approximate surface area is 125 Å². The van der Waals surface area contributed by atoms with Crippen molar-refractivity contribution in [1.82, 2.24) is 5.32 Å². The molecule has 1 aromatic carbocycles. The molecule has 3 rings (SSSR count). The monoisotopic (exact) mass is 290 g/mol. The highest BCUT2D eigenvalue weighted by atomic mass is 19.1. The molecule has 0 bridgehead atoms. The molecule has 0 atom stereocenters. The summed E-state index contributed by atoms with van der Waals surface area (Å²) in [7, 11) is 0. The van der Waals surface area contributed by atoms with Crippen LogP contribution >= 0.6 is 0 Å². The van der Waals surface area contributed by atoms with Crippen LogP contribution < -0.4 is 10.2 Å². The second-order valence-corrected chi connectivity index (χ2v) is 6.26. The van der Waals surface area contributed by atoms with E-state index in [1.54, 1.807) is 6.07 Å². The normalized spacial score (nSPS) is 17.9. The highest BCUT2D eigenvalue weighted by Gasteiger charge is 2.42. The Morgan fingerprint density at radius 3 is 2.52 bits per heavy atom. The summed E-state index contributed by atoms with van der Waals surface area (Å²) >= 11 is 0. The topological polar surface area (TPSA) is 32.3 Å². The first-order valence-electron chi connectivity index (χ1n) is 7.97. The van der Waals surface area contributed by atoms with Crippen LogP contribution in [0.25, 0.3) is 0 Å². The zero-order chi connectivity index (χ0) is 14.8. The van der Waals surface area contributed by atoms with Crippen molar-refractivity contribution in [3.05, 3.63) is 30.1 Å². The fraction of sp³-hybridized carbons (Fsp3) is 0.588. The average Bonchev–Trinajstić information content (AvgIpc) is 3.35. The number of benzene rings is 1. The van der Waals surface area contributed by atoms with Crippen molar-refractivity contribution in [1.29, 1.82) is 0 Å². The van der Waals surface area contributed by atoms with Crippen molar-refractivity contribution in [2.75, 3.05) is 18.0 Å². The number of nitrogens with zero attached hydrogens (tertiary/aromatic N) is 1. The average molecular weight is 290 g/mol. The predicted molar refractivity (Wildman–Crippen MR) is 81.7 cm³/mol. The summed E-state index contributed by atoms with van der Waals surface area (Å²) in [5.74, 6) is 1.20. The van der Waals surface area contributed by atoms with E-state index in [2.05, 4.69) is 5.32 Å². The highest BCUT2D eigenvalue weighted by Crippen LogP contribution is 2.44. The molecule has 2 aliphatic carbocycles. The molecule has 2 fully saturated rings. The number of hydrogen-bond donors (Lipinski definition) is 1. The van der Waals surface area contributed by atoms with Gasteiger partial charge in [0.25, 0.3) is 0 Å². The van der Waals surface area contributed by atoms with Gasteiger partial charge in [-0.25, -0.2) is 4.39 Å². The van der Waals surface area contributed by atoms with Crippen molar-refractivity contribution in [2.45, 2.75) is 38.6 Å². The van der Waals surface area contributed by atoms with E-state index in [0.717, 1.165) is 5.69 Å². The van der Waals surface area contributed by atoms with E-state index in [1.807, 2.05) is 17.9 Å². The molecule has 1 aromatic rings. The first kappa shape index (κ1) is 14.4. The minimum Gasteiger partial charge on any atom is -0.362 e. The zero-order valence-electron chi connectivity index (χ0n) is 12.5. The van der Waals surface area contributed by atoms with E-state index in [4.69, 9.17) is 0 Å². The van der Waals surface area contributed by atoms with Crippen LogP contribution in [-0.2, 0) is 4.79 Å². The van der Waals surface area contributed by atoms with Crippen LogP contribution in [0.2, 0.25) is 0 Å². The van der Waals surface area contributed by atoms with E-state index in [0.29, 0.717) is 31.0 Å². The first-order valence-corrected chi connectivity index (χ1v) is 7.97. The van der Waals surface area contributed by atoms with Gasteiger partial charge in [0.05, 0.1) is 6.54 Å². The number of rotatable bonds is 7. The molecule has 0 spiro atoms. The van der Waals surface area contributed by atoms with Crippen LogP contribution in [0.5, 0.6) is 0 Å². The van der Waals surface area contributed by atoms with Crippen LogP contribution in [0, 0.1) is 17.7 Å². The van der Waals surface area contributed by atoms with Crippen molar-refractivity contribution in [3.63, 3.8) is 0 Å². The summed E-state index contributed by atoms with van der Waals surface area (Å²) < 4.78 is 13.3. The summed E-state index contributed by atoms with van der Waals surface area (Å²) in [5.41, 5.74) is 0.766. The lowest BCUT2D eigenvalue weighted by Gasteiger charge is -2.25. The molecule has 4 heteroatoms. The molecule has 2 saturated carbocycles. The second-order valence-electron chi connectivity index (χ2n) is 6.26. The van der Waals surface area contributed by atoms with Crippen LogP contribution in [0.1, 0.15) is 32.6 Å². The van der Waals surface area contributed by atoms with Crippen LogP contribution in [0.15, 0.2) is 24.3 Å². The van der Waals surface area contributed by atoms with Crippen LogP contribution in [0.4, 0.5) is 10.1 Å². The third-order valence-electron chi connectivity index (χ3n) is 4.48. The Bertz CT molecular complexity index is 499. The van der Waals surface area contributed by atoms with Gasteiger partial charge in [-0.05, 0) is 62.6 Å². The number of nitrogens with one attached hydrogen (secondary N) is 1. The molecular formula is C17H23FN2O. The largest absolute Gasteiger partial charge is 0.362 e. The van der Waals surface area contributed by atoms with Gasteiger partial charge >= 0.3 is 0 Å². The van der Waals surface area contributed by atoms with Crippen molar-refractivity contribution >= 4 is 11.6 Å². The number of carbonyl (C=O) groups is 1. The summed E-state index contributed by atoms with van der Waals surface area (Å²) in [6.45, 7) is 2.97. The SMILES string of the molecule is CCN(CC(=O)NC(C1CC1)C1CC1)c1cccc(F)c1. The molecule has 114 valence electrons. The van der Waals surface area contributed by atoms with Gasteiger partial charge in [-0.3, -0.25) is 4.79 Å². The molecule has 21 heavy (non-hydrogen) atoms. The summed E-state index contributed by atoms with van der Waals surface area (Å²) in [6.07, 6.45) is 5.01. The van der Waals surface area contributed by atoms with Gasteiger partial charge < -0.3 is 10.2 Å². The van der Waals surface area contributed by atoms with E-state index in [-0.39, 0.29) is 11.7 Å². The highest BCUT2D eigenvalue weighted by molar-refractivity contribution is 5.81. The number of halogens is 1. The Balaban J connectivity index is 1.59. The summed E-state index contributed by atoms with van der Waals surface area (Å²) in [5, 5.41) is 3.22. The van der Waals surface area contributed by atoms with Gasteiger partial charge in [0.1, 0.15) is 5.82 Å². The minimum absolute atomic E-state index is 0.0601. The van der Waals surface area contributed by atoms with Gasteiger partial charge in [0, 0.05) is 18.3 Å². The molecule has 0 unspecified atom stereocenters.